The third kappa shape index (κ3) is 4.77. The molecule has 1 rings (SSSR count). The topological polar surface area (TPSA) is 41.1 Å². The number of hydrogen-bond donors (Lipinski definition) is 2. The lowest BCUT2D eigenvalue weighted by atomic mass is 10.2. The predicted molar refractivity (Wildman–Crippen MR) is 69.6 cm³/mol. The summed E-state index contributed by atoms with van der Waals surface area (Å²) in [5.41, 5.74) is 0.693. The van der Waals surface area contributed by atoms with E-state index in [1.807, 2.05) is 12.1 Å². The summed E-state index contributed by atoms with van der Waals surface area (Å²) in [5.74, 6) is -0.0224. The first-order valence-electron chi connectivity index (χ1n) is 5.48. The van der Waals surface area contributed by atoms with Crippen LogP contribution in [0.3, 0.4) is 0 Å². The zero-order chi connectivity index (χ0) is 11.8. The van der Waals surface area contributed by atoms with Crippen molar-refractivity contribution in [1.82, 2.24) is 10.6 Å². The maximum Gasteiger partial charge on any atom is 0.251 e. The number of hydrogen-bond acceptors (Lipinski definition) is 2. The number of rotatable bonds is 6. The van der Waals surface area contributed by atoms with E-state index in [9.17, 15) is 4.79 Å². The fraction of sp³-hybridized carbons (Fsp3) is 0.417. The van der Waals surface area contributed by atoms with Crippen molar-refractivity contribution >= 4 is 21.8 Å². The van der Waals surface area contributed by atoms with Crippen molar-refractivity contribution in [3.8, 4) is 0 Å². The van der Waals surface area contributed by atoms with Gasteiger partial charge in [-0.3, -0.25) is 4.79 Å². The van der Waals surface area contributed by atoms with Crippen LogP contribution in [0.1, 0.15) is 23.7 Å². The number of nitrogens with one attached hydrogen (secondary N) is 2. The van der Waals surface area contributed by atoms with E-state index in [1.165, 1.54) is 0 Å². The summed E-state index contributed by atoms with van der Waals surface area (Å²) in [6.07, 6.45) is 1.11. The molecule has 1 amide bonds. The van der Waals surface area contributed by atoms with Crippen LogP contribution in [-0.4, -0.2) is 25.5 Å². The van der Waals surface area contributed by atoms with E-state index in [1.54, 1.807) is 12.1 Å². The molecule has 4 heteroatoms. The molecule has 1 aromatic carbocycles. The molecule has 1 aromatic rings. The smallest absolute Gasteiger partial charge is 0.251 e. The highest BCUT2D eigenvalue weighted by atomic mass is 79.9. The molecule has 0 fully saturated rings. The molecule has 0 aliphatic rings. The maximum absolute atomic E-state index is 11.6. The molecule has 0 bridgehead atoms. The minimum atomic E-state index is -0.0224. The summed E-state index contributed by atoms with van der Waals surface area (Å²) in [6, 6.07) is 7.34. The van der Waals surface area contributed by atoms with Crippen LogP contribution in [0.2, 0.25) is 0 Å². The summed E-state index contributed by atoms with van der Waals surface area (Å²) in [6.45, 7) is 4.59. The SMILES string of the molecule is CCCNCCNC(=O)c1ccc(Br)cc1. The van der Waals surface area contributed by atoms with Gasteiger partial charge in [-0.15, -0.1) is 0 Å². The Hall–Kier alpha value is -0.870. The van der Waals surface area contributed by atoms with Crippen LogP contribution < -0.4 is 10.6 Å². The van der Waals surface area contributed by atoms with Gasteiger partial charge in [-0.05, 0) is 37.2 Å². The van der Waals surface area contributed by atoms with E-state index in [4.69, 9.17) is 0 Å². The third-order valence-corrected chi connectivity index (χ3v) is 2.65. The molecule has 0 aliphatic carbocycles. The molecule has 88 valence electrons. The monoisotopic (exact) mass is 284 g/mol. The fourth-order valence-corrected chi connectivity index (χ4v) is 1.53. The molecule has 3 nitrogen and oxygen atoms in total. The van der Waals surface area contributed by atoms with Gasteiger partial charge in [-0.2, -0.15) is 0 Å². The van der Waals surface area contributed by atoms with Crippen molar-refractivity contribution in [3.63, 3.8) is 0 Å². The Bertz CT molecular complexity index is 324. The second-order valence-electron chi connectivity index (χ2n) is 3.51. The Morgan fingerprint density at radius 1 is 1.19 bits per heavy atom. The quantitative estimate of drug-likeness (QED) is 0.787. The van der Waals surface area contributed by atoms with Crippen molar-refractivity contribution in [2.75, 3.05) is 19.6 Å². The molecule has 0 aromatic heterocycles. The van der Waals surface area contributed by atoms with E-state index in [0.717, 1.165) is 24.0 Å². The zero-order valence-electron chi connectivity index (χ0n) is 9.42. The lowest BCUT2D eigenvalue weighted by Crippen LogP contribution is -2.32. The summed E-state index contributed by atoms with van der Waals surface area (Å²) in [7, 11) is 0. The van der Waals surface area contributed by atoms with Gasteiger partial charge in [0.1, 0.15) is 0 Å². The number of carbonyl (C=O) groups excluding carboxylic acids is 1. The number of amides is 1. The zero-order valence-corrected chi connectivity index (χ0v) is 11.0. The Labute approximate surface area is 105 Å². The Morgan fingerprint density at radius 3 is 2.50 bits per heavy atom. The summed E-state index contributed by atoms with van der Waals surface area (Å²) >= 11 is 3.33. The molecule has 0 spiro atoms. The van der Waals surface area contributed by atoms with Crippen LogP contribution in [-0.2, 0) is 0 Å². The minimum Gasteiger partial charge on any atom is -0.351 e. The van der Waals surface area contributed by atoms with E-state index in [2.05, 4.69) is 33.5 Å². The van der Waals surface area contributed by atoms with Gasteiger partial charge < -0.3 is 10.6 Å². The lowest BCUT2D eigenvalue weighted by molar-refractivity contribution is 0.0954. The van der Waals surface area contributed by atoms with Crippen LogP contribution in [0.4, 0.5) is 0 Å². The van der Waals surface area contributed by atoms with Crippen LogP contribution in [0.15, 0.2) is 28.7 Å². The van der Waals surface area contributed by atoms with Crippen LogP contribution in [0.25, 0.3) is 0 Å². The highest BCUT2D eigenvalue weighted by molar-refractivity contribution is 9.10. The van der Waals surface area contributed by atoms with Crippen molar-refractivity contribution < 1.29 is 4.79 Å². The predicted octanol–water partition coefficient (Wildman–Crippen LogP) is 2.18. The van der Waals surface area contributed by atoms with Gasteiger partial charge in [0.25, 0.3) is 5.91 Å². The minimum absolute atomic E-state index is 0.0224. The molecule has 0 radical (unpaired) electrons. The normalized spacial score (nSPS) is 10.1. The van der Waals surface area contributed by atoms with Gasteiger partial charge in [-0.25, -0.2) is 0 Å². The Balaban J connectivity index is 2.27. The van der Waals surface area contributed by atoms with Crippen molar-refractivity contribution in [1.29, 1.82) is 0 Å². The standard InChI is InChI=1S/C12H17BrN2O/c1-2-7-14-8-9-15-12(16)10-3-5-11(13)6-4-10/h3-6,14H,2,7-9H2,1H3,(H,15,16). The second-order valence-corrected chi connectivity index (χ2v) is 4.43. The van der Waals surface area contributed by atoms with E-state index in [-0.39, 0.29) is 5.91 Å². The molecule has 0 heterocycles. The van der Waals surface area contributed by atoms with Gasteiger partial charge >= 0.3 is 0 Å². The molecule has 0 saturated heterocycles. The number of carbonyl (C=O) groups is 1. The Morgan fingerprint density at radius 2 is 1.88 bits per heavy atom. The summed E-state index contributed by atoms with van der Waals surface area (Å²) in [4.78, 5) is 11.6. The van der Waals surface area contributed by atoms with E-state index in [0.29, 0.717) is 12.1 Å². The highest BCUT2D eigenvalue weighted by Gasteiger charge is 2.03. The van der Waals surface area contributed by atoms with Gasteiger partial charge in [0.15, 0.2) is 0 Å². The molecule has 16 heavy (non-hydrogen) atoms. The number of benzene rings is 1. The first-order valence-corrected chi connectivity index (χ1v) is 6.28. The average Bonchev–Trinajstić information content (AvgIpc) is 2.29. The van der Waals surface area contributed by atoms with Crippen molar-refractivity contribution in [2.45, 2.75) is 13.3 Å². The third-order valence-electron chi connectivity index (χ3n) is 2.12. The second kappa shape index (κ2) is 7.41. The molecule has 0 aliphatic heterocycles. The van der Waals surface area contributed by atoms with E-state index < -0.39 is 0 Å². The Kier molecular flexibility index (Phi) is 6.11. The average molecular weight is 285 g/mol. The van der Waals surface area contributed by atoms with E-state index >= 15 is 0 Å². The molecular weight excluding hydrogens is 268 g/mol. The van der Waals surface area contributed by atoms with Crippen LogP contribution >= 0.6 is 15.9 Å². The summed E-state index contributed by atoms with van der Waals surface area (Å²) in [5, 5.41) is 6.09. The van der Waals surface area contributed by atoms with Crippen LogP contribution in [0, 0.1) is 0 Å². The van der Waals surface area contributed by atoms with Crippen molar-refractivity contribution in [2.24, 2.45) is 0 Å². The molecule has 0 unspecified atom stereocenters. The fourth-order valence-electron chi connectivity index (χ4n) is 1.27. The number of halogens is 1. The molecule has 0 saturated carbocycles. The molecular formula is C12H17BrN2O. The summed E-state index contributed by atoms with van der Waals surface area (Å²) < 4.78 is 0.980. The largest absolute Gasteiger partial charge is 0.351 e. The first kappa shape index (κ1) is 13.2. The van der Waals surface area contributed by atoms with Crippen molar-refractivity contribution in [3.05, 3.63) is 34.3 Å². The van der Waals surface area contributed by atoms with Gasteiger partial charge in [0.05, 0.1) is 0 Å². The first-order chi connectivity index (χ1) is 7.74. The van der Waals surface area contributed by atoms with Gasteiger partial charge in [-0.1, -0.05) is 22.9 Å². The maximum atomic E-state index is 11.6. The lowest BCUT2D eigenvalue weighted by Gasteiger charge is -2.06. The molecule has 0 atom stereocenters. The highest BCUT2D eigenvalue weighted by Crippen LogP contribution is 2.10. The van der Waals surface area contributed by atoms with Gasteiger partial charge in [0.2, 0.25) is 0 Å². The molecule has 2 N–H and O–H groups in total. The van der Waals surface area contributed by atoms with Gasteiger partial charge in [0, 0.05) is 23.1 Å². The van der Waals surface area contributed by atoms with Crippen LogP contribution in [0.5, 0.6) is 0 Å².